The Morgan fingerprint density at radius 1 is 1.04 bits per heavy atom. The van der Waals surface area contributed by atoms with Crippen molar-refractivity contribution in [2.45, 2.75) is 24.3 Å². The summed E-state index contributed by atoms with van der Waals surface area (Å²) in [6.07, 6.45) is 2.15. The average molecular weight is 376 g/mol. The van der Waals surface area contributed by atoms with Crippen molar-refractivity contribution in [3.05, 3.63) is 90.5 Å². The van der Waals surface area contributed by atoms with E-state index in [2.05, 4.69) is 23.8 Å². The van der Waals surface area contributed by atoms with Crippen LogP contribution in [0.2, 0.25) is 0 Å². The molecule has 0 spiro atoms. The average Bonchev–Trinajstić information content (AvgIpc) is 3.13. The highest BCUT2D eigenvalue weighted by molar-refractivity contribution is 7.89. The molecule has 1 aliphatic rings. The minimum Gasteiger partial charge on any atom is -0.200 e. The summed E-state index contributed by atoms with van der Waals surface area (Å²) >= 11 is 0. The number of hydrazone groups is 1. The summed E-state index contributed by atoms with van der Waals surface area (Å²) in [5, 5.41) is 6.73. The number of aryl methyl sites for hydroxylation is 1. The van der Waals surface area contributed by atoms with Crippen LogP contribution in [0.5, 0.6) is 0 Å². The van der Waals surface area contributed by atoms with Gasteiger partial charge < -0.3 is 0 Å². The lowest BCUT2D eigenvalue weighted by Gasteiger charge is -2.20. The molecule has 0 amide bonds. The van der Waals surface area contributed by atoms with Gasteiger partial charge in [0.05, 0.1) is 16.6 Å². The molecule has 0 fully saturated rings. The van der Waals surface area contributed by atoms with E-state index in [0.717, 1.165) is 27.6 Å². The summed E-state index contributed by atoms with van der Waals surface area (Å²) < 4.78 is 27.3. The van der Waals surface area contributed by atoms with E-state index < -0.39 is 16.1 Å². The van der Waals surface area contributed by atoms with Crippen molar-refractivity contribution in [3.63, 3.8) is 0 Å². The van der Waals surface area contributed by atoms with Crippen LogP contribution in [0.3, 0.4) is 0 Å². The molecule has 3 aromatic rings. The van der Waals surface area contributed by atoms with Crippen molar-refractivity contribution in [3.8, 4) is 0 Å². The third-order valence-corrected chi connectivity index (χ3v) is 6.54. The molecule has 0 aromatic heterocycles. The molecule has 1 heterocycles. The van der Waals surface area contributed by atoms with Gasteiger partial charge in [0.1, 0.15) is 0 Å². The number of nitrogens with zero attached hydrogens (tertiary/aromatic N) is 2. The third-order valence-electron chi connectivity index (χ3n) is 4.83. The van der Waals surface area contributed by atoms with Crippen LogP contribution in [-0.4, -0.2) is 24.6 Å². The summed E-state index contributed by atoms with van der Waals surface area (Å²) in [6.45, 7) is 5.74. The maximum atomic E-state index is 13.1. The van der Waals surface area contributed by atoms with Crippen molar-refractivity contribution in [2.24, 2.45) is 5.10 Å². The van der Waals surface area contributed by atoms with Gasteiger partial charge in [-0.05, 0) is 41.5 Å². The number of hydrogen-bond acceptors (Lipinski definition) is 3. The van der Waals surface area contributed by atoms with Gasteiger partial charge in [0.2, 0.25) is 0 Å². The van der Waals surface area contributed by atoms with Crippen molar-refractivity contribution in [2.75, 3.05) is 0 Å². The van der Waals surface area contributed by atoms with Crippen molar-refractivity contribution in [1.82, 2.24) is 4.41 Å². The molecule has 0 unspecified atom stereocenters. The van der Waals surface area contributed by atoms with E-state index in [9.17, 15) is 8.42 Å². The number of sulfonamides is 1. The Labute approximate surface area is 159 Å². The molecule has 4 nitrogen and oxygen atoms in total. The summed E-state index contributed by atoms with van der Waals surface area (Å²) in [5.74, 6) is 0. The molecule has 136 valence electrons. The van der Waals surface area contributed by atoms with Crippen molar-refractivity contribution in [1.29, 1.82) is 0 Å². The zero-order valence-electron chi connectivity index (χ0n) is 15.0. The molecule has 0 N–H and O–H groups in total. The fraction of sp³-hybridized carbons (Fsp3) is 0.136. The van der Waals surface area contributed by atoms with Crippen LogP contribution >= 0.6 is 0 Å². The first-order chi connectivity index (χ1) is 13.0. The van der Waals surface area contributed by atoms with Gasteiger partial charge in [-0.2, -0.15) is 17.9 Å². The molecule has 5 heteroatoms. The highest BCUT2D eigenvalue weighted by atomic mass is 32.2. The van der Waals surface area contributed by atoms with Crippen LogP contribution in [0.1, 0.15) is 17.5 Å². The maximum Gasteiger partial charge on any atom is 0.279 e. The molecule has 0 aliphatic carbocycles. The van der Waals surface area contributed by atoms with E-state index >= 15 is 0 Å². The predicted octanol–water partition coefficient (Wildman–Crippen LogP) is 4.50. The highest BCUT2D eigenvalue weighted by Gasteiger charge is 2.35. The minimum atomic E-state index is -3.73. The fourth-order valence-electron chi connectivity index (χ4n) is 3.28. The molecular weight excluding hydrogens is 356 g/mol. The van der Waals surface area contributed by atoms with Crippen LogP contribution in [0.4, 0.5) is 0 Å². The van der Waals surface area contributed by atoms with E-state index in [1.165, 1.54) is 4.41 Å². The molecule has 4 rings (SSSR count). The summed E-state index contributed by atoms with van der Waals surface area (Å²) in [7, 11) is -3.73. The van der Waals surface area contributed by atoms with E-state index in [-0.39, 0.29) is 4.90 Å². The first-order valence-corrected chi connectivity index (χ1v) is 10.2. The van der Waals surface area contributed by atoms with Crippen molar-refractivity contribution < 1.29 is 8.42 Å². The largest absolute Gasteiger partial charge is 0.279 e. The second kappa shape index (κ2) is 6.67. The molecule has 0 radical (unpaired) electrons. The molecule has 27 heavy (non-hydrogen) atoms. The number of fused-ring (bicyclic) bond motifs is 1. The Morgan fingerprint density at radius 2 is 1.74 bits per heavy atom. The monoisotopic (exact) mass is 376 g/mol. The highest BCUT2D eigenvalue weighted by Crippen LogP contribution is 2.29. The minimum absolute atomic E-state index is 0.239. The van der Waals surface area contributed by atoms with E-state index in [1.807, 2.05) is 37.3 Å². The van der Waals surface area contributed by atoms with Crippen LogP contribution in [0, 0.1) is 6.92 Å². The zero-order valence-corrected chi connectivity index (χ0v) is 15.9. The van der Waals surface area contributed by atoms with Crippen molar-refractivity contribution >= 4 is 26.5 Å². The van der Waals surface area contributed by atoms with Gasteiger partial charge in [-0.25, -0.2) is 0 Å². The second-order valence-electron chi connectivity index (χ2n) is 6.71. The van der Waals surface area contributed by atoms with Crippen LogP contribution in [0.15, 0.2) is 89.4 Å². The van der Waals surface area contributed by atoms with Gasteiger partial charge in [-0.3, -0.25) is 0 Å². The lowest BCUT2D eigenvalue weighted by atomic mass is 10.0. The van der Waals surface area contributed by atoms with Gasteiger partial charge in [-0.1, -0.05) is 60.2 Å². The first kappa shape index (κ1) is 17.5. The lowest BCUT2D eigenvalue weighted by Crippen LogP contribution is -2.31. The lowest BCUT2D eigenvalue weighted by molar-refractivity contribution is 0.409. The number of hydrogen-bond donors (Lipinski definition) is 0. The Hall–Kier alpha value is -2.92. The van der Waals surface area contributed by atoms with Gasteiger partial charge in [-0.15, -0.1) is 6.58 Å². The van der Waals surface area contributed by atoms with Gasteiger partial charge in [0.25, 0.3) is 10.0 Å². The van der Waals surface area contributed by atoms with Crippen LogP contribution in [-0.2, 0) is 10.0 Å². The fourth-order valence-corrected chi connectivity index (χ4v) is 4.70. The quantitative estimate of drug-likeness (QED) is 0.630. The van der Waals surface area contributed by atoms with Gasteiger partial charge >= 0.3 is 0 Å². The normalized spacial score (nSPS) is 17.1. The predicted molar refractivity (Wildman–Crippen MR) is 109 cm³/mol. The van der Waals surface area contributed by atoms with E-state index in [4.69, 9.17) is 0 Å². The van der Waals surface area contributed by atoms with E-state index in [0.29, 0.717) is 6.42 Å². The summed E-state index contributed by atoms with van der Waals surface area (Å²) in [5.41, 5.74) is 2.69. The molecule has 0 saturated carbocycles. The Kier molecular flexibility index (Phi) is 4.32. The Balaban J connectivity index is 1.75. The topological polar surface area (TPSA) is 49.7 Å². The number of rotatable bonds is 4. The second-order valence-corrected chi connectivity index (χ2v) is 8.50. The van der Waals surface area contributed by atoms with Gasteiger partial charge in [0, 0.05) is 6.42 Å². The third kappa shape index (κ3) is 3.15. The molecule has 1 atom stereocenters. The Bertz CT molecular complexity index is 1150. The zero-order chi connectivity index (χ0) is 19.0. The first-order valence-electron chi connectivity index (χ1n) is 8.79. The SMILES string of the molecule is C=C[C@H]1CC(c2ccc3ccccc3c2)=NN1S(=O)(=O)c1ccc(C)cc1. The summed E-state index contributed by atoms with van der Waals surface area (Å²) in [6, 6.07) is 20.6. The van der Waals surface area contributed by atoms with E-state index in [1.54, 1.807) is 30.3 Å². The smallest absolute Gasteiger partial charge is 0.200 e. The summed E-state index contributed by atoms with van der Waals surface area (Å²) in [4.78, 5) is 0.239. The standard InChI is InChI=1S/C22H20N2O2S/c1-3-20-15-22(19-11-10-17-6-4-5-7-18(17)14-19)23-24(20)27(25,26)21-12-8-16(2)9-13-21/h3-14,20H,1,15H2,2H3/t20-/m0/s1. The molecule has 1 aliphatic heterocycles. The van der Waals surface area contributed by atoms with Crippen LogP contribution < -0.4 is 0 Å². The molecule has 0 bridgehead atoms. The van der Waals surface area contributed by atoms with Crippen LogP contribution in [0.25, 0.3) is 10.8 Å². The molecule has 0 saturated heterocycles. The molecule has 3 aromatic carbocycles. The molecular formula is C22H20N2O2S. The number of benzene rings is 3. The Morgan fingerprint density at radius 3 is 2.44 bits per heavy atom. The maximum absolute atomic E-state index is 13.1. The van der Waals surface area contributed by atoms with Gasteiger partial charge in [0.15, 0.2) is 0 Å².